The Morgan fingerprint density at radius 1 is 1.09 bits per heavy atom. The predicted octanol–water partition coefficient (Wildman–Crippen LogP) is 3.42. The summed E-state index contributed by atoms with van der Waals surface area (Å²) >= 11 is 1.67. The molecule has 0 spiro atoms. The summed E-state index contributed by atoms with van der Waals surface area (Å²) in [4.78, 5) is 51.7. The number of anilines is 1. The molecular formula is C26H31N5O3S. The number of piperazine rings is 1. The van der Waals surface area contributed by atoms with Gasteiger partial charge >= 0.3 is 0 Å². The number of carbonyl (C=O) groups is 2. The van der Waals surface area contributed by atoms with Gasteiger partial charge in [0, 0.05) is 48.2 Å². The maximum absolute atomic E-state index is 13.0. The zero-order valence-corrected chi connectivity index (χ0v) is 21.0. The second kappa shape index (κ2) is 9.91. The zero-order chi connectivity index (χ0) is 24.5. The maximum atomic E-state index is 13.0. The molecule has 8 nitrogen and oxygen atoms in total. The van der Waals surface area contributed by atoms with Gasteiger partial charge in [-0.15, -0.1) is 11.3 Å². The summed E-state index contributed by atoms with van der Waals surface area (Å²) in [6.45, 7) is 6.92. The van der Waals surface area contributed by atoms with E-state index in [1.807, 2.05) is 18.7 Å². The van der Waals surface area contributed by atoms with E-state index in [0.29, 0.717) is 36.7 Å². The number of thiophene rings is 1. The number of carbonyl (C=O) groups excluding carboxylic acids is 2. The van der Waals surface area contributed by atoms with Crippen molar-refractivity contribution in [2.75, 3.05) is 31.5 Å². The predicted molar refractivity (Wildman–Crippen MR) is 138 cm³/mol. The number of amides is 2. The van der Waals surface area contributed by atoms with E-state index < -0.39 is 0 Å². The van der Waals surface area contributed by atoms with Crippen molar-refractivity contribution >= 4 is 39.1 Å². The van der Waals surface area contributed by atoms with Gasteiger partial charge in [-0.1, -0.05) is 13.8 Å². The molecule has 1 aliphatic heterocycles. The average Bonchev–Trinajstić information content (AvgIpc) is 3.23. The van der Waals surface area contributed by atoms with Gasteiger partial charge < -0.3 is 15.2 Å². The first-order valence-electron chi connectivity index (χ1n) is 12.3. The number of nitrogens with zero attached hydrogens (tertiary/aromatic N) is 3. The monoisotopic (exact) mass is 493 g/mol. The molecule has 2 N–H and O–H groups in total. The van der Waals surface area contributed by atoms with Crippen LogP contribution in [0.25, 0.3) is 10.2 Å². The van der Waals surface area contributed by atoms with E-state index in [9.17, 15) is 14.4 Å². The molecule has 0 unspecified atom stereocenters. The van der Waals surface area contributed by atoms with E-state index in [1.165, 1.54) is 16.9 Å². The van der Waals surface area contributed by atoms with E-state index in [0.717, 1.165) is 42.6 Å². The number of nitrogens with one attached hydrogen (secondary N) is 2. The Kier molecular flexibility index (Phi) is 6.71. The molecule has 35 heavy (non-hydrogen) atoms. The van der Waals surface area contributed by atoms with Gasteiger partial charge in [0.25, 0.3) is 11.5 Å². The van der Waals surface area contributed by atoms with Crippen molar-refractivity contribution in [1.82, 2.24) is 19.8 Å². The third kappa shape index (κ3) is 5.01. The van der Waals surface area contributed by atoms with Crippen LogP contribution < -0.4 is 10.9 Å². The third-order valence-electron chi connectivity index (χ3n) is 6.83. The van der Waals surface area contributed by atoms with Crippen molar-refractivity contribution in [3.05, 3.63) is 56.4 Å². The quantitative estimate of drug-likeness (QED) is 0.568. The van der Waals surface area contributed by atoms with Gasteiger partial charge in [0.05, 0.1) is 11.9 Å². The Hall–Kier alpha value is -3.04. The van der Waals surface area contributed by atoms with E-state index in [-0.39, 0.29) is 23.3 Å². The maximum Gasteiger partial charge on any atom is 0.259 e. The van der Waals surface area contributed by atoms with Gasteiger partial charge in [0.1, 0.15) is 10.7 Å². The number of aromatic amines is 1. The molecule has 1 saturated heterocycles. The van der Waals surface area contributed by atoms with E-state index in [4.69, 9.17) is 4.98 Å². The van der Waals surface area contributed by atoms with Crippen LogP contribution in [0.2, 0.25) is 0 Å². The van der Waals surface area contributed by atoms with E-state index in [2.05, 4.69) is 15.2 Å². The SMILES string of the molecule is CC(C)C(=O)Nc1ccc(C(=O)N2CCN(Cc3nc4sc5c(c4c(=O)[nH]3)CCCC5)CC2)cc1. The fourth-order valence-electron chi connectivity index (χ4n) is 4.77. The number of benzene rings is 1. The van der Waals surface area contributed by atoms with Crippen molar-refractivity contribution in [3.63, 3.8) is 0 Å². The van der Waals surface area contributed by atoms with Gasteiger partial charge in [-0.25, -0.2) is 4.98 Å². The molecule has 1 aliphatic carbocycles. The van der Waals surface area contributed by atoms with Crippen LogP contribution in [0.5, 0.6) is 0 Å². The summed E-state index contributed by atoms with van der Waals surface area (Å²) < 4.78 is 0. The van der Waals surface area contributed by atoms with E-state index >= 15 is 0 Å². The number of aryl methyl sites for hydroxylation is 2. The Balaban J connectivity index is 1.19. The number of fused-ring (bicyclic) bond motifs is 3. The lowest BCUT2D eigenvalue weighted by atomic mass is 9.97. The van der Waals surface area contributed by atoms with Crippen LogP contribution in [0.1, 0.15) is 53.3 Å². The second-order valence-corrected chi connectivity index (χ2v) is 10.8. The molecule has 3 aromatic rings. The average molecular weight is 494 g/mol. The fraction of sp³-hybridized carbons (Fsp3) is 0.462. The smallest absolute Gasteiger partial charge is 0.259 e. The summed E-state index contributed by atoms with van der Waals surface area (Å²) in [7, 11) is 0. The number of rotatable bonds is 5. The van der Waals surface area contributed by atoms with E-state index in [1.54, 1.807) is 35.6 Å². The van der Waals surface area contributed by atoms with Crippen molar-refractivity contribution in [3.8, 4) is 0 Å². The van der Waals surface area contributed by atoms with Gasteiger partial charge in [0.15, 0.2) is 0 Å². The molecular weight excluding hydrogens is 462 g/mol. The van der Waals surface area contributed by atoms with Crippen LogP contribution in [0.3, 0.4) is 0 Å². The van der Waals surface area contributed by atoms with Gasteiger partial charge in [0.2, 0.25) is 5.91 Å². The highest BCUT2D eigenvalue weighted by Crippen LogP contribution is 2.33. The van der Waals surface area contributed by atoms with Crippen LogP contribution >= 0.6 is 11.3 Å². The lowest BCUT2D eigenvalue weighted by molar-refractivity contribution is -0.118. The minimum atomic E-state index is -0.0989. The molecule has 2 amide bonds. The number of hydrogen-bond acceptors (Lipinski definition) is 6. The molecule has 1 aromatic carbocycles. The first-order chi connectivity index (χ1) is 16.9. The lowest BCUT2D eigenvalue weighted by Gasteiger charge is -2.34. The molecule has 5 rings (SSSR count). The molecule has 0 radical (unpaired) electrons. The summed E-state index contributed by atoms with van der Waals surface area (Å²) in [5, 5.41) is 3.63. The van der Waals surface area contributed by atoms with Gasteiger partial charge in [-0.3, -0.25) is 19.3 Å². The highest BCUT2D eigenvalue weighted by atomic mass is 32.1. The highest BCUT2D eigenvalue weighted by Gasteiger charge is 2.24. The molecule has 2 aliphatic rings. The van der Waals surface area contributed by atoms with Crippen molar-refractivity contribution in [2.45, 2.75) is 46.1 Å². The Bertz CT molecular complexity index is 1300. The molecule has 1 fully saturated rings. The fourth-order valence-corrected chi connectivity index (χ4v) is 6.05. The molecule has 0 bridgehead atoms. The molecule has 0 atom stereocenters. The molecule has 9 heteroatoms. The number of aromatic nitrogens is 2. The number of hydrogen-bond donors (Lipinski definition) is 2. The Labute approximate surface area is 208 Å². The number of H-pyrrole nitrogens is 1. The Morgan fingerprint density at radius 3 is 2.51 bits per heavy atom. The van der Waals surface area contributed by atoms with Crippen LogP contribution in [0.4, 0.5) is 5.69 Å². The summed E-state index contributed by atoms with van der Waals surface area (Å²) in [5.74, 6) is 0.537. The van der Waals surface area contributed by atoms with Crippen LogP contribution in [-0.4, -0.2) is 57.8 Å². The van der Waals surface area contributed by atoms with Crippen molar-refractivity contribution in [1.29, 1.82) is 0 Å². The van der Waals surface area contributed by atoms with Crippen molar-refractivity contribution in [2.24, 2.45) is 5.92 Å². The lowest BCUT2D eigenvalue weighted by Crippen LogP contribution is -2.48. The molecule has 184 valence electrons. The third-order valence-corrected chi connectivity index (χ3v) is 8.02. The van der Waals surface area contributed by atoms with Crippen LogP contribution in [0, 0.1) is 5.92 Å². The summed E-state index contributed by atoms with van der Waals surface area (Å²) in [5.41, 5.74) is 2.49. The first-order valence-corrected chi connectivity index (χ1v) is 13.2. The van der Waals surface area contributed by atoms with Crippen LogP contribution in [-0.2, 0) is 24.2 Å². The standard InChI is InChI=1S/C26H31N5O3S/c1-16(2)23(32)27-18-9-7-17(8-10-18)26(34)31-13-11-30(12-14-31)15-21-28-24(33)22-19-5-3-4-6-20(19)35-25(22)29-21/h7-10,16H,3-6,11-15H2,1-2H3,(H,27,32)(H,28,29,33). The molecule has 0 saturated carbocycles. The Morgan fingerprint density at radius 2 is 1.80 bits per heavy atom. The largest absolute Gasteiger partial charge is 0.336 e. The topological polar surface area (TPSA) is 98.4 Å². The normalized spacial score (nSPS) is 16.5. The summed E-state index contributed by atoms with van der Waals surface area (Å²) in [6, 6.07) is 7.05. The second-order valence-electron chi connectivity index (χ2n) is 9.69. The summed E-state index contributed by atoms with van der Waals surface area (Å²) in [6.07, 6.45) is 4.36. The van der Waals surface area contributed by atoms with Crippen LogP contribution in [0.15, 0.2) is 29.1 Å². The minimum Gasteiger partial charge on any atom is -0.336 e. The van der Waals surface area contributed by atoms with Gasteiger partial charge in [-0.05, 0) is 55.5 Å². The molecule has 2 aromatic heterocycles. The van der Waals surface area contributed by atoms with Crippen molar-refractivity contribution < 1.29 is 9.59 Å². The first kappa shape index (κ1) is 23.7. The highest BCUT2D eigenvalue weighted by molar-refractivity contribution is 7.18. The molecule has 3 heterocycles. The minimum absolute atomic E-state index is 0.0106. The van der Waals surface area contributed by atoms with Gasteiger partial charge in [-0.2, -0.15) is 0 Å². The zero-order valence-electron chi connectivity index (χ0n) is 20.2.